The van der Waals surface area contributed by atoms with Gasteiger partial charge in [0.25, 0.3) is 0 Å². The Morgan fingerprint density at radius 2 is 1.32 bits per heavy atom. The maximum absolute atomic E-state index is 8.59. The van der Waals surface area contributed by atoms with E-state index in [0.717, 1.165) is 12.3 Å². The lowest BCUT2D eigenvalue weighted by molar-refractivity contribution is -0.697. The topological polar surface area (TPSA) is 83.2 Å². The summed E-state index contributed by atoms with van der Waals surface area (Å²) in [4.78, 5) is 3.69. The molecule has 2 aromatic heterocycles. The molecule has 0 aliphatic rings. The van der Waals surface area contributed by atoms with Crippen LogP contribution in [0.1, 0.15) is 32.6 Å². The zero-order chi connectivity index (χ0) is 23.8. The highest BCUT2D eigenvalue weighted by Gasteiger charge is 2.01. The van der Waals surface area contributed by atoms with Crippen LogP contribution < -0.4 is 26.3 Å². The van der Waals surface area contributed by atoms with Crippen molar-refractivity contribution in [3.8, 4) is 11.5 Å². The van der Waals surface area contributed by atoms with E-state index in [1.807, 2.05) is 12.1 Å². The van der Waals surface area contributed by atoms with Crippen molar-refractivity contribution in [2.24, 2.45) is 0 Å². The minimum Gasteiger partial charge on any atom is -1.00 e. The average Bonchev–Trinajstić information content (AvgIpc) is 2.84. The number of methoxy groups -OCH3 is 1. The highest BCUT2D eigenvalue weighted by molar-refractivity contribution is 5.14. The molecule has 0 atom stereocenters. The van der Waals surface area contributed by atoms with E-state index in [4.69, 9.17) is 28.8 Å². The van der Waals surface area contributed by atoms with Gasteiger partial charge in [-0.2, -0.15) is 0 Å². The van der Waals surface area contributed by atoms with Crippen molar-refractivity contribution in [2.75, 3.05) is 60.0 Å². The third-order valence-corrected chi connectivity index (χ3v) is 4.47. The minimum atomic E-state index is 0. The maximum Gasteiger partial charge on any atom is 0.172 e. The molecule has 0 fully saturated rings. The molecule has 194 valence electrons. The lowest BCUT2D eigenvalue weighted by Gasteiger charge is -2.08. The molecule has 0 amide bonds. The molecule has 2 heterocycles. The first kappa shape index (κ1) is 32.2. The van der Waals surface area contributed by atoms with Gasteiger partial charge in [-0.1, -0.05) is 19.8 Å². The van der Waals surface area contributed by atoms with E-state index in [0.29, 0.717) is 52.9 Å². The van der Waals surface area contributed by atoms with Crippen LogP contribution >= 0.6 is 0 Å². The largest absolute Gasteiger partial charge is 1.00 e. The Balaban J connectivity index is 0.00000116. The molecule has 8 nitrogen and oxygen atoms in total. The van der Waals surface area contributed by atoms with Crippen molar-refractivity contribution in [3.63, 3.8) is 0 Å². The smallest absolute Gasteiger partial charge is 0.172 e. The Labute approximate surface area is 214 Å². The van der Waals surface area contributed by atoms with Crippen molar-refractivity contribution >= 4 is 0 Å². The summed E-state index contributed by atoms with van der Waals surface area (Å²) in [5.41, 5.74) is 0. The van der Waals surface area contributed by atoms with Crippen LogP contribution in [0.25, 0.3) is 0 Å². The number of nitrogens with zero attached hydrogens (tertiary/aromatic N) is 2. The Hall–Kier alpha value is -1.78. The van der Waals surface area contributed by atoms with Crippen molar-refractivity contribution in [1.82, 2.24) is 4.98 Å². The van der Waals surface area contributed by atoms with Crippen molar-refractivity contribution < 1.29 is 50.3 Å². The summed E-state index contributed by atoms with van der Waals surface area (Å²) in [5.74, 6) is 1.14. The molecular weight excluding hydrogens is 504 g/mol. The first-order valence-electron chi connectivity index (χ1n) is 11.7. The number of hydrogen-bond donors (Lipinski definition) is 1. The second-order valence-corrected chi connectivity index (χ2v) is 7.22. The molecule has 0 unspecified atom stereocenters. The van der Waals surface area contributed by atoms with Gasteiger partial charge in [0.05, 0.1) is 46.2 Å². The fourth-order valence-corrected chi connectivity index (χ4v) is 2.66. The average molecular weight is 546 g/mol. The number of pyridine rings is 2. The van der Waals surface area contributed by atoms with Crippen LogP contribution in [0.3, 0.4) is 0 Å². The molecule has 0 radical (unpaired) electrons. The molecule has 34 heavy (non-hydrogen) atoms. The fraction of sp³-hybridized carbons (Fsp3) is 0.600. The predicted molar refractivity (Wildman–Crippen MR) is 127 cm³/mol. The van der Waals surface area contributed by atoms with Gasteiger partial charge >= 0.3 is 0 Å². The van der Waals surface area contributed by atoms with Crippen LogP contribution in [0.5, 0.6) is 11.5 Å². The van der Waals surface area contributed by atoms with Crippen molar-refractivity contribution in [2.45, 2.75) is 39.2 Å². The van der Waals surface area contributed by atoms with E-state index in [9.17, 15) is 0 Å². The van der Waals surface area contributed by atoms with Crippen LogP contribution in [0.15, 0.2) is 49.1 Å². The summed E-state index contributed by atoms with van der Waals surface area (Å²) in [7, 11) is 1.66. The number of ether oxygens (including phenoxy) is 5. The molecule has 1 N–H and O–H groups in total. The van der Waals surface area contributed by atoms with Gasteiger partial charge in [-0.25, -0.2) is 4.57 Å². The third-order valence-electron chi connectivity index (χ3n) is 4.47. The fourth-order valence-electron chi connectivity index (χ4n) is 2.66. The molecule has 0 aromatic carbocycles. The van der Waals surface area contributed by atoms with E-state index < -0.39 is 0 Å². The van der Waals surface area contributed by atoms with Gasteiger partial charge in [-0.3, -0.25) is 4.98 Å². The van der Waals surface area contributed by atoms with Gasteiger partial charge in [-0.15, -0.1) is 0 Å². The van der Waals surface area contributed by atoms with Gasteiger partial charge < -0.3 is 45.8 Å². The lowest BCUT2D eigenvalue weighted by atomic mass is 10.2. The standard InChI is InChI=1S/C20H36NO5.C5H5NO.BrH/c1-3-4-5-6-9-21-10-7-20(8-11-21)26-19-18-25-17-16-24-15-14-23-13-12-22-2;7-5-1-3-6-4-2-5;/h7-8,10-11H,3-6,9,12-19H2,1-2H3;1-4H,(H,6,7);1H/q+1;;/p-1. The van der Waals surface area contributed by atoms with E-state index in [2.05, 4.69) is 28.9 Å². The van der Waals surface area contributed by atoms with Crippen LogP contribution in [0.2, 0.25) is 0 Å². The van der Waals surface area contributed by atoms with Crippen molar-refractivity contribution in [3.05, 3.63) is 49.1 Å². The molecule has 2 rings (SSSR count). The Morgan fingerprint density at radius 3 is 1.82 bits per heavy atom. The van der Waals surface area contributed by atoms with Crippen molar-refractivity contribution in [1.29, 1.82) is 0 Å². The number of halogens is 1. The molecule has 0 aliphatic carbocycles. The second kappa shape index (κ2) is 24.3. The van der Waals surface area contributed by atoms with E-state index in [1.54, 1.807) is 7.11 Å². The number of rotatable bonds is 18. The van der Waals surface area contributed by atoms with E-state index in [1.165, 1.54) is 50.2 Å². The molecule has 0 bridgehead atoms. The number of hydrogen-bond acceptors (Lipinski definition) is 7. The van der Waals surface area contributed by atoms with Gasteiger partial charge in [0.15, 0.2) is 12.4 Å². The quantitative estimate of drug-likeness (QED) is 0.215. The normalized spacial score (nSPS) is 10.2. The van der Waals surface area contributed by atoms with E-state index in [-0.39, 0.29) is 22.7 Å². The maximum atomic E-state index is 8.59. The summed E-state index contributed by atoms with van der Waals surface area (Å²) in [6, 6.07) is 7.07. The first-order valence-corrected chi connectivity index (χ1v) is 11.7. The van der Waals surface area contributed by atoms with Gasteiger partial charge in [0.1, 0.15) is 24.7 Å². The van der Waals surface area contributed by atoms with Gasteiger partial charge in [-0.05, 0) is 18.6 Å². The van der Waals surface area contributed by atoms with E-state index >= 15 is 0 Å². The Bertz CT molecular complexity index is 664. The highest BCUT2D eigenvalue weighted by atomic mass is 79.9. The van der Waals surface area contributed by atoms with Crippen LogP contribution in [0.4, 0.5) is 0 Å². The Morgan fingerprint density at radius 1 is 0.765 bits per heavy atom. The second-order valence-electron chi connectivity index (χ2n) is 7.22. The first-order chi connectivity index (χ1) is 16.3. The molecule has 0 saturated heterocycles. The van der Waals surface area contributed by atoms with Crippen LogP contribution in [-0.4, -0.2) is 70.1 Å². The summed E-state index contributed by atoms with van der Waals surface area (Å²) in [5, 5.41) is 8.59. The zero-order valence-corrected chi connectivity index (χ0v) is 22.2. The predicted octanol–water partition coefficient (Wildman–Crippen LogP) is 0.421. The number of aromatic nitrogens is 2. The minimum absolute atomic E-state index is 0. The zero-order valence-electron chi connectivity index (χ0n) is 20.6. The SMILES string of the molecule is CCCCCC[n+]1ccc(OCCOCCOCCOCCOC)cc1.Oc1ccncc1.[Br-]. The number of aromatic hydroxyl groups is 1. The van der Waals surface area contributed by atoms with Gasteiger partial charge in [0.2, 0.25) is 0 Å². The molecule has 0 saturated carbocycles. The summed E-state index contributed by atoms with van der Waals surface area (Å²) in [6.45, 7) is 7.91. The highest BCUT2D eigenvalue weighted by Crippen LogP contribution is 2.06. The molecule has 2 aromatic rings. The van der Waals surface area contributed by atoms with Gasteiger partial charge in [0, 0.05) is 38.1 Å². The summed E-state index contributed by atoms with van der Waals surface area (Å²) >= 11 is 0. The van der Waals surface area contributed by atoms with Crippen LogP contribution in [-0.2, 0) is 25.5 Å². The monoisotopic (exact) mass is 544 g/mol. The molecule has 9 heteroatoms. The Kier molecular flexibility index (Phi) is 23.1. The summed E-state index contributed by atoms with van der Waals surface area (Å²) < 4.78 is 29.0. The lowest BCUT2D eigenvalue weighted by Crippen LogP contribution is -3.00. The van der Waals surface area contributed by atoms with Crippen LogP contribution in [0, 0.1) is 0 Å². The number of aryl methyl sites for hydroxylation is 1. The molecular formula is C25H41BrN2O6. The third kappa shape index (κ3) is 19.7. The molecule has 0 aliphatic heterocycles. The molecule has 0 spiro atoms. The number of unbranched alkanes of at least 4 members (excludes halogenated alkanes) is 3. The summed E-state index contributed by atoms with van der Waals surface area (Å²) in [6.07, 6.45) is 12.3.